The van der Waals surface area contributed by atoms with Crippen LogP contribution in [-0.4, -0.2) is 54.9 Å². The first-order valence-corrected chi connectivity index (χ1v) is 7.69. The third kappa shape index (κ3) is 7.39. The van der Waals surface area contributed by atoms with E-state index < -0.39 is 0 Å². The maximum atomic E-state index is 10.7. The monoisotopic (exact) mass is 490 g/mol. The first kappa shape index (κ1) is 25.1. The summed E-state index contributed by atoms with van der Waals surface area (Å²) in [7, 11) is 4.76. The number of pyridine rings is 3. The van der Waals surface area contributed by atoms with Crippen LogP contribution in [0.4, 0.5) is 0 Å². The zero-order valence-corrected chi connectivity index (χ0v) is 19.0. The van der Waals surface area contributed by atoms with Gasteiger partial charge in [0.25, 0.3) is 16.7 Å². The van der Waals surface area contributed by atoms with Gasteiger partial charge in [-0.2, -0.15) is 0 Å². The minimum absolute atomic E-state index is 0. The molecule has 9 nitrogen and oxygen atoms in total. The van der Waals surface area contributed by atoms with Gasteiger partial charge in [0.15, 0.2) is 17.2 Å². The van der Waals surface area contributed by atoms with Gasteiger partial charge >= 0.3 is 0 Å². The van der Waals surface area contributed by atoms with Crippen LogP contribution >= 0.6 is 0 Å². The molecule has 0 spiro atoms. The molecule has 0 aliphatic carbocycles. The Balaban J connectivity index is 0.000000384. The molecule has 0 aliphatic heterocycles. The van der Waals surface area contributed by atoms with E-state index in [1.807, 2.05) is 0 Å². The van der Waals surface area contributed by atoms with Crippen LogP contribution in [0, 0.1) is 0 Å². The molecule has 0 unspecified atom stereocenters. The Hall–Kier alpha value is -2.88. The Kier molecular flexibility index (Phi) is 10.5. The van der Waals surface area contributed by atoms with Crippen molar-refractivity contribution < 1.29 is 15.3 Å². The average molecular weight is 490 g/mol. The predicted octanol–water partition coefficient (Wildman–Crippen LogP) is -0.108. The van der Waals surface area contributed by atoms with E-state index in [0.29, 0.717) is 0 Å². The second-order valence-corrected chi connectivity index (χ2v) is 5.43. The molecule has 3 aromatic heterocycles. The van der Waals surface area contributed by atoms with E-state index in [2.05, 4.69) is 0 Å². The molecule has 147 valence electrons. The molecule has 0 fully saturated rings. The molecular formula is C18H21InN3O6. The molecule has 0 bridgehead atoms. The number of aromatic hydroxyl groups is 3. The van der Waals surface area contributed by atoms with E-state index in [1.54, 1.807) is 57.9 Å². The van der Waals surface area contributed by atoms with Crippen LogP contribution < -0.4 is 16.7 Å². The molecule has 3 radical (unpaired) electrons. The summed E-state index contributed by atoms with van der Waals surface area (Å²) >= 11 is 0. The standard InChI is InChI=1S/3C6H7NO2.In/c3*1-7-4-2-3-5(8)6(7)9;/h3*2-4,8H,1H3;. The van der Waals surface area contributed by atoms with Crippen molar-refractivity contribution in [1.29, 1.82) is 0 Å². The molecule has 3 heterocycles. The van der Waals surface area contributed by atoms with Crippen molar-refractivity contribution in [3.05, 3.63) is 86.1 Å². The summed E-state index contributed by atoms with van der Waals surface area (Å²) in [4.78, 5) is 32.0. The van der Waals surface area contributed by atoms with Crippen LogP contribution in [0.2, 0.25) is 0 Å². The smallest absolute Gasteiger partial charge is 0.292 e. The normalized spacial score (nSPS) is 9.11. The minimum atomic E-state index is -0.363. The molecule has 0 atom stereocenters. The molecule has 0 saturated heterocycles. The van der Waals surface area contributed by atoms with Gasteiger partial charge in [0, 0.05) is 65.6 Å². The Labute approximate surface area is 179 Å². The Morgan fingerprint density at radius 3 is 0.929 bits per heavy atom. The third-order valence-corrected chi connectivity index (χ3v) is 3.31. The van der Waals surface area contributed by atoms with Crippen LogP contribution in [0.25, 0.3) is 0 Å². The van der Waals surface area contributed by atoms with Gasteiger partial charge in [-0.15, -0.1) is 0 Å². The van der Waals surface area contributed by atoms with Crippen LogP contribution in [0.3, 0.4) is 0 Å². The Bertz CT molecular complexity index is 865. The summed E-state index contributed by atoms with van der Waals surface area (Å²) in [6, 6.07) is 8.91. The van der Waals surface area contributed by atoms with Crippen LogP contribution in [0.1, 0.15) is 0 Å². The van der Waals surface area contributed by atoms with Gasteiger partial charge in [-0.25, -0.2) is 0 Å². The molecule has 0 saturated carbocycles. The molecule has 0 aromatic carbocycles. The van der Waals surface area contributed by atoms with Gasteiger partial charge in [-0.1, -0.05) is 0 Å². The first-order valence-electron chi connectivity index (χ1n) is 7.69. The fourth-order valence-electron chi connectivity index (χ4n) is 1.75. The molecule has 10 heteroatoms. The van der Waals surface area contributed by atoms with E-state index in [-0.39, 0.29) is 59.8 Å². The Morgan fingerprint density at radius 2 is 0.786 bits per heavy atom. The summed E-state index contributed by atoms with van der Waals surface area (Å²) in [6.45, 7) is 0. The number of hydrogen-bond acceptors (Lipinski definition) is 6. The number of nitrogens with zero attached hydrogens (tertiary/aromatic N) is 3. The molecule has 0 aliphatic rings. The zero-order chi connectivity index (χ0) is 20.6. The number of hydrogen-bond donors (Lipinski definition) is 3. The van der Waals surface area contributed by atoms with Crippen molar-refractivity contribution >= 4 is 25.8 Å². The van der Waals surface area contributed by atoms with Crippen molar-refractivity contribution in [3.63, 3.8) is 0 Å². The second kappa shape index (κ2) is 11.8. The van der Waals surface area contributed by atoms with Crippen LogP contribution in [-0.2, 0) is 21.1 Å². The van der Waals surface area contributed by atoms with E-state index in [4.69, 9.17) is 15.3 Å². The van der Waals surface area contributed by atoms with Crippen molar-refractivity contribution in [2.75, 3.05) is 0 Å². The van der Waals surface area contributed by atoms with Gasteiger partial charge in [0.05, 0.1) is 0 Å². The van der Waals surface area contributed by atoms with Crippen LogP contribution in [0.15, 0.2) is 69.4 Å². The maximum absolute atomic E-state index is 10.7. The summed E-state index contributed by atoms with van der Waals surface area (Å²) in [6.07, 6.45) is 4.76. The summed E-state index contributed by atoms with van der Waals surface area (Å²) < 4.78 is 3.94. The van der Waals surface area contributed by atoms with Gasteiger partial charge in [-0.3, -0.25) is 14.4 Å². The number of aromatic nitrogens is 3. The summed E-state index contributed by atoms with van der Waals surface area (Å²) in [5.41, 5.74) is -1.09. The van der Waals surface area contributed by atoms with Crippen molar-refractivity contribution in [1.82, 2.24) is 13.7 Å². The number of rotatable bonds is 0. The summed E-state index contributed by atoms with van der Waals surface area (Å²) in [5.74, 6) is -0.625. The zero-order valence-electron chi connectivity index (χ0n) is 15.7. The predicted molar refractivity (Wildman–Crippen MR) is 106 cm³/mol. The minimum Gasteiger partial charge on any atom is -0.503 e. The quantitative estimate of drug-likeness (QED) is 0.404. The molecule has 3 N–H and O–H groups in total. The fraction of sp³-hybridized carbons (Fsp3) is 0.167. The molecular weight excluding hydrogens is 469 g/mol. The van der Waals surface area contributed by atoms with E-state index in [0.717, 1.165) is 0 Å². The maximum Gasteiger partial charge on any atom is 0.292 e. The van der Waals surface area contributed by atoms with E-state index >= 15 is 0 Å². The van der Waals surface area contributed by atoms with Crippen molar-refractivity contribution in [2.45, 2.75) is 0 Å². The molecule has 3 rings (SSSR count). The van der Waals surface area contributed by atoms with E-state index in [9.17, 15) is 14.4 Å². The topological polar surface area (TPSA) is 127 Å². The van der Waals surface area contributed by atoms with Crippen molar-refractivity contribution in [3.8, 4) is 17.2 Å². The third-order valence-electron chi connectivity index (χ3n) is 3.31. The second-order valence-electron chi connectivity index (χ2n) is 5.43. The molecule has 0 amide bonds. The SMILES string of the molecule is Cn1cccc(O)c1=O.Cn1cccc(O)c1=O.Cn1cccc(O)c1=O.[In]. The largest absolute Gasteiger partial charge is 0.503 e. The number of aryl methyl sites for hydroxylation is 3. The van der Waals surface area contributed by atoms with E-state index in [1.165, 1.54) is 31.9 Å². The Morgan fingerprint density at radius 1 is 0.571 bits per heavy atom. The average Bonchev–Trinajstić information content (AvgIpc) is 2.63. The van der Waals surface area contributed by atoms with Gasteiger partial charge in [0.2, 0.25) is 0 Å². The van der Waals surface area contributed by atoms with Gasteiger partial charge in [0.1, 0.15) is 0 Å². The van der Waals surface area contributed by atoms with Gasteiger partial charge in [-0.05, 0) is 36.4 Å². The van der Waals surface area contributed by atoms with Crippen LogP contribution in [0.5, 0.6) is 17.2 Å². The fourth-order valence-corrected chi connectivity index (χ4v) is 1.75. The molecule has 28 heavy (non-hydrogen) atoms. The van der Waals surface area contributed by atoms with Gasteiger partial charge < -0.3 is 29.0 Å². The van der Waals surface area contributed by atoms with Crippen molar-refractivity contribution in [2.24, 2.45) is 21.1 Å². The first-order chi connectivity index (χ1) is 12.6. The molecule has 3 aromatic rings. The summed E-state index contributed by atoms with van der Waals surface area (Å²) in [5, 5.41) is 26.3.